The van der Waals surface area contributed by atoms with E-state index in [2.05, 4.69) is 52.7 Å². The number of aryl methyl sites for hydroxylation is 1. The fourth-order valence-corrected chi connectivity index (χ4v) is 4.85. The number of benzene rings is 1. The number of hydrogen-bond donors (Lipinski definition) is 1. The molecule has 0 unspecified atom stereocenters. The predicted molar refractivity (Wildman–Crippen MR) is 135 cm³/mol. The molecule has 0 bridgehead atoms. The largest absolute Gasteiger partial charge is 0.488 e. The van der Waals surface area contributed by atoms with Crippen molar-refractivity contribution in [3.8, 4) is 17.1 Å². The SMILES string of the molecule is Cn1nnc(-c2ccc(N[C@H]3CC[C@@H](Oc4cc(N5CCOCC5)cc5nccnc45)CC3)nc2)n1. The molecule has 0 spiro atoms. The third-order valence-corrected chi connectivity index (χ3v) is 6.75. The maximum Gasteiger partial charge on any atom is 0.206 e. The normalized spacial score (nSPS) is 20.4. The zero-order valence-electron chi connectivity index (χ0n) is 20.2. The Hall–Kier alpha value is -3.86. The quantitative estimate of drug-likeness (QED) is 0.435. The summed E-state index contributed by atoms with van der Waals surface area (Å²) in [5, 5.41) is 15.7. The molecule has 36 heavy (non-hydrogen) atoms. The maximum atomic E-state index is 6.54. The fourth-order valence-electron chi connectivity index (χ4n) is 4.85. The second-order valence-electron chi connectivity index (χ2n) is 9.24. The zero-order chi connectivity index (χ0) is 24.3. The highest BCUT2D eigenvalue weighted by atomic mass is 16.5. The van der Waals surface area contributed by atoms with Crippen molar-refractivity contribution < 1.29 is 9.47 Å². The van der Waals surface area contributed by atoms with Gasteiger partial charge in [0, 0.05) is 55.0 Å². The Balaban J connectivity index is 1.09. The number of aromatic nitrogens is 7. The number of ether oxygens (including phenoxy) is 2. The van der Waals surface area contributed by atoms with Gasteiger partial charge in [0.2, 0.25) is 5.82 Å². The van der Waals surface area contributed by atoms with Crippen LogP contribution in [0.5, 0.6) is 5.75 Å². The summed E-state index contributed by atoms with van der Waals surface area (Å²) in [5.74, 6) is 2.24. The number of morpholine rings is 1. The molecule has 186 valence electrons. The smallest absolute Gasteiger partial charge is 0.206 e. The van der Waals surface area contributed by atoms with Crippen LogP contribution in [-0.4, -0.2) is 73.6 Å². The number of rotatable bonds is 6. The van der Waals surface area contributed by atoms with Gasteiger partial charge in [0.1, 0.15) is 17.1 Å². The van der Waals surface area contributed by atoms with Gasteiger partial charge >= 0.3 is 0 Å². The number of hydrogen-bond acceptors (Lipinski definition) is 10. The van der Waals surface area contributed by atoms with Gasteiger partial charge in [-0.2, -0.15) is 4.80 Å². The summed E-state index contributed by atoms with van der Waals surface area (Å²) in [6.07, 6.45) is 9.32. The van der Waals surface area contributed by atoms with Crippen LogP contribution in [0.1, 0.15) is 25.7 Å². The van der Waals surface area contributed by atoms with Crippen molar-refractivity contribution >= 4 is 22.5 Å². The molecule has 6 rings (SSSR count). The topological polar surface area (TPSA) is 116 Å². The molecular formula is C25H29N9O2. The first-order valence-electron chi connectivity index (χ1n) is 12.4. The lowest BCUT2D eigenvalue weighted by molar-refractivity contribution is 0.122. The summed E-state index contributed by atoms with van der Waals surface area (Å²) in [6, 6.07) is 8.50. The zero-order valence-corrected chi connectivity index (χ0v) is 20.2. The number of fused-ring (bicyclic) bond motifs is 1. The van der Waals surface area contributed by atoms with Crippen molar-refractivity contribution in [2.75, 3.05) is 36.5 Å². The van der Waals surface area contributed by atoms with Gasteiger partial charge < -0.3 is 19.7 Å². The molecule has 1 saturated heterocycles. The molecule has 1 N–H and O–H groups in total. The van der Waals surface area contributed by atoms with Crippen molar-refractivity contribution in [1.82, 2.24) is 35.2 Å². The van der Waals surface area contributed by atoms with Crippen LogP contribution in [0, 0.1) is 0 Å². The standard InChI is InChI=1S/C25H29N9O2/c1-33-31-25(30-32-33)17-2-7-23(28-16-17)29-18-3-5-20(6-4-18)36-22-15-19(34-10-12-35-13-11-34)14-21-24(22)27-9-8-26-21/h2,7-9,14-16,18,20H,3-6,10-13H2,1H3,(H,28,29)/t18-,20+. The van der Waals surface area contributed by atoms with Crippen LogP contribution >= 0.6 is 0 Å². The van der Waals surface area contributed by atoms with Gasteiger partial charge in [-0.25, -0.2) is 9.97 Å². The molecule has 11 heteroatoms. The lowest BCUT2D eigenvalue weighted by Gasteiger charge is -2.31. The van der Waals surface area contributed by atoms with Gasteiger partial charge in [-0.15, -0.1) is 10.2 Å². The van der Waals surface area contributed by atoms with E-state index >= 15 is 0 Å². The lowest BCUT2D eigenvalue weighted by atomic mass is 9.93. The van der Waals surface area contributed by atoms with E-state index < -0.39 is 0 Å². The van der Waals surface area contributed by atoms with Crippen LogP contribution in [0.3, 0.4) is 0 Å². The average molecular weight is 488 g/mol. The van der Waals surface area contributed by atoms with Crippen LogP contribution in [0.2, 0.25) is 0 Å². The Morgan fingerprint density at radius 3 is 2.58 bits per heavy atom. The lowest BCUT2D eigenvalue weighted by Crippen LogP contribution is -2.36. The van der Waals surface area contributed by atoms with Gasteiger partial charge in [0.15, 0.2) is 0 Å². The molecular weight excluding hydrogens is 458 g/mol. The molecule has 2 fully saturated rings. The van der Waals surface area contributed by atoms with E-state index in [4.69, 9.17) is 9.47 Å². The van der Waals surface area contributed by atoms with Gasteiger partial charge in [0.05, 0.1) is 31.9 Å². The van der Waals surface area contributed by atoms with Crippen molar-refractivity contribution in [1.29, 1.82) is 0 Å². The number of nitrogens with one attached hydrogen (secondary N) is 1. The van der Waals surface area contributed by atoms with Crippen LogP contribution in [0.15, 0.2) is 42.9 Å². The molecule has 1 aliphatic carbocycles. The highest BCUT2D eigenvalue weighted by molar-refractivity contribution is 5.85. The van der Waals surface area contributed by atoms with Crippen LogP contribution in [0.25, 0.3) is 22.4 Å². The molecule has 0 atom stereocenters. The summed E-state index contributed by atoms with van der Waals surface area (Å²) in [7, 11) is 1.75. The van der Waals surface area contributed by atoms with Crippen molar-refractivity contribution in [2.45, 2.75) is 37.8 Å². The summed E-state index contributed by atoms with van der Waals surface area (Å²) in [6.45, 7) is 3.21. The fraction of sp³-hybridized carbons (Fsp3) is 0.440. The van der Waals surface area contributed by atoms with E-state index in [1.54, 1.807) is 25.6 Å². The van der Waals surface area contributed by atoms with Gasteiger partial charge in [0.25, 0.3) is 0 Å². The summed E-state index contributed by atoms with van der Waals surface area (Å²) in [4.78, 5) is 17.4. The number of pyridine rings is 1. The number of tetrazole rings is 1. The van der Waals surface area contributed by atoms with Crippen molar-refractivity contribution in [3.63, 3.8) is 0 Å². The highest BCUT2D eigenvalue weighted by Crippen LogP contribution is 2.33. The van der Waals surface area contributed by atoms with E-state index in [1.165, 1.54) is 4.80 Å². The first-order chi connectivity index (χ1) is 17.7. The molecule has 11 nitrogen and oxygen atoms in total. The van der Waals surface area contributed by atoms with Crippen LogP contribution < -0.4 is 15.0 Å². The molecule has 2 aliphatic rings. The van der Waals surface area contributed by atoms with E-state index in [9.17, 15) is 0 Å². The Kier molecular flexibility index (Phi) is 6.29. The van der Waals surface area contributed by atoms with Crippen LogP contribution in [-0.2, 0) is 11.8 Å². The number of nitrogens with zero attached hydrogens (tertiary/aromatic N) is 8. The minimum Gasteiger partial charge on any atom is -0.488 e. The average Bonchev–Trinajstić information content (AvgIpc) is 3.37. The summed E-state index contributed by atoms with van der Waals surface area (Å²) < 4.78 is 12.1. The monoisotopic (exact) mass is 487 g/mol. The second-order valence-corrected chi connectivity index (χ2v) is 9.24. The van der Waals surface area contributed by atoms with E-state index in [0.29, 0.717) is 11.9 Å². The minimum absolute atomic E-state index is 0.145. The predicted octanol–water partition coefficient (Wildman–Crippen LogP) is 2.85. The van der Waals surface area contributed by atoms with E-state index in [0.717, 1.165) is 85.8 Å². The van der Waals surface area contributed by atoms with Crippen molar-refractivity contribution in [3.05, 3.63) is 42.9 Å². The molecule has 3 aromatic heterocycles. The maximum absolute atomic E-state index is 6.54. The van der Waals surface area contributed by atoms with Crippen LogP contribution in [0.4, 0.5) is 11.5 Å². The Morgan fingerprint density at radius 1 is 1.00 bits per heavy atom. The first-order valence-corrected chi connectivity index (χ1v) is 12.4. The Morgan fingerprint density at radius 2 is 1.83 bits per heavy atom. The van der Waals surface area contributed by atoms with Gasteiger partial charge in [-0.1, -0.05) is 0 Å². The summed E-state index contributed by atoms with van der Waals surface area (Å²) in [5.41, 5.74) is 3.64. The first kappa shape index (κ1) is 22.6. The van der Waals surface area contributed by atoms with E-state index in [1.807, 2.05) is 12.1 Å². The number of anilines is 2. The Bertz CT molecular complexity index is 1310. The molecule has 1 aromatic carbocycles. The van der Waals surface area contributed by atoms with Gasteiger partial charge in [-0.05, 0) is 49.1 Å². The highest BCUT2D eigenvalue weighted by Gasteiger charge is 2.24. The third kappa shape index (κ3) is 4.92. The second kappa shape index (κ2) is 10.0. The van der Waals surface area contributed by atoms with Gasteiger partial charge in [-0.3, -0.25) is 4.98 Å². The van der Waals surface area contributed by atoms with Crippen molar-refractivity contribution in [2.24, 2.45) is 7.05 Å². The molecule has 4 aromatic rings. The molecule has 1 aliphatic heterocycles. The van der Waals surface area contributed by atoms with E-state index in [-0.39, 0.29) is 6.10 Å². The molecule has 0 amide bonds. The third-order valence-electron chi connectivity index (χ3n) is 6.75. The Labute approximate surface area is 208 Å². The summed E-state index contributed by atoms with van der Waals surface area (Å²) >= 11 is 0. The molecule has 0 radical (unpaired) electrons. The minimum atomic E-state index is 0.145. The molecule has 4 heterocycles. The molecule has 1 saturated carbocycles.